The van der Waals surface area contributed by atoms with Gasteiger partial charge in [0.15, 0.2) is 0 Å². The summed E-state index contributed by atoms with van der Waals surface area (Å²) in [5, 5.41) is 9.88. The van der Waals surface area contributed by atoms with Gasteiger partial charge in [0.25, 0.3) is 0 Å². The van der Waals surface area contributed by atoms with Crippen LogP contribution in [-0.2, 0) is 11.3 Å². The van der Waals surface area contributed by atoms with Crippen molar-refractivity contribution in [2.75, 3.05) is 6.54 Å². The Labute approximate surface area is 83.3 Å². The van der Waals surface area contributed by atoms with E-state index in [0.717, 1.165) is 25.3 Å². The summed E-state index contributed by atoms with van der Waals surface area (Å²) in [5.41, 5.74) is 0. The van der Waals surface area contributed by atoms with Gasteiger partial charge >= 0.3 is 0 Å². The highest BCUT2D eigenvalue weighted by Crippen LogP contribution is 2.18. The summed E-state index contributed by atoms with van der Waals surface area (Å²) in [4.78, 5) is 4.03. The quantitative estimate of drug-likeness (QED) is 0.734. The van der Waals surface area contributed by atoms with Crippen LogP contribution in [0.5, 0.6) is 0 Å². The summed E-state index contributed by atoms with van der Waals surface area (Å²) < 4.78 is 5.67. The summed E-state index contributed by atoms with van der Waals surface area (Å²) >= 11 is 0. The number of rotatable bonds is 4. The Bertz CT molecular complexity index is 262. The number of aromatic amines is 1. The lowest BCUT2D eigenvalue weighted by atomic mass is 10.2. The van der Waals surface area contributed by atoms with E-state index in [1.54, 1.807) is 0 Å². The minimum atomic E-state index is 0.368. The van der Waals surface area contributed by atoms with Crippen LogP contribution in [0, 0.1) is 0 Å². The number of hydrogen-bond acceptors (Lipinski definition) is 4. The lowest BCUT2D eigenvalue weighted by Gasteiger charge is -2.10. The van der Waals surface area contributed by atoms with E-state index in [4.69, 9.17) is 4.74 Å². The summed E-state index contributed by atoms with van der Waals surface area (Å²) in [6.07, 6.45) is 4.64. The first kappa shape index (κ1) is 9.61. The SMILES string of the molecule is CC1CCC(CNCc2ncn[nH]2)O1. The Hall–Kier alpha value is -0.940. The highest BCUT2D eigenvalue weighted by atomic mass is 16.5. The Morgan fingerprint density at radius 1 is 1.64 bits per heavy atom. The molecule has 0 aliphatic carbocycles. The van der Waals surface area contributed by atoms with Crippen LogP contribution in [0.15, 0.2) is 6.33 Å². The molecule has 5 nitrogen and oxygen atoms in total. The van der Waals surface area contributed by atoms with Crippen LogP contribution in [0.2, 0.25) is 0 Å². The highest BCUT2D eigenvalue weighted by Gasteiger charge is 2.20. The fraction of sp³-hybridized carbons (Fsp3) is 0.778. The molecule has 1 aliphatic heterocycles. The van der Waals surface area contributed by atoms with Gasteiger partial charge in [-0.25, -0.2) is 4.98 Å². The third kappa shape index (κ3) is 2.52. The first-order valence-electron chi connectivity index (χ1n) is 5.05. The fourth-order valence-electron chi connectivity index (χ4n) is 1.70. The summed E-state index contributed by atoms with van der Waals surface area (Å²) in [6.45, 7) is 3.75. The third-order valence-electron chi connectivity index (χ3n) is 2.45. The molecule has 14 heavy (non-hydrogen) atoms. The summed E-state index contributed by atoms with van der Waals surface area (Å²) in [6, 6.07) is 0. The lowest BCUT2D eigenvalue weighted by molar-refractivity contribution is 0.0558. The predicted octanol–water partition coefficient (Wildman–Crippen LogP) is 0.462. The van der Waals surface area contributed by atoms with Crippen LogP contribution in [0.3, 0.4) is 0 Å². The van der Waals surface area contributed by atoms with Crippen molar-refractivity contribution in [2.45, 2.75) is 38.5 Å². The van der Waals surface area contributed by atoms with E-state index in [2.05, 4.69) is 27.4 Å². The Morgan fingerprint density at radius 2 is 2.57 bits per heavy atom. The van der Waals surface area contributed by atoms with Gasteiger partial charge < -0.3 is 10.1 Å². The van der Waals surface area contributed by atoms with Gasteiger partial charge in [-0.05, 0) is 19.8 Å². The monoisotopic (exact) mass is 196 g/mol. The average molecular weight is 196 g/mol. The second-order valence-electron chi connectivity index (χ2n) is 3.71. The predicted molar refractivity (Wildman–Crippen MR) is 51.7 cm³/mol. The van der Waals surface area contributed by atoms with Gasteiger partial charge in [-0.15, -0.1) is 0 Å². The summed E-state index contributed by atoms with van der Waals surface area (Å²) in [7, 11) is 0. The van der Waals surface area contributed by atoms with E-state index < -0.39 is 0 Å². The van der Waals surface area contributed by atoms with Crippen molar-refractivity contribution < 1.29 is 4.74 Å². The third-order valence-corrected chi connectivity index (χ3v) is 2.45. The first-order chi connectivity index (χ1) is 6.84. The van der Waals surface area contributed by atoms with Crippen molar-refractivity contribution in [2.24, 2.45) is 0 Å². The number of ether oxygens (including phenoxy) is 1. The van der Waals surface area contributed by atoms with Gasteiger partial charge in [-0.2, -0.15) is 5.10 Å². The van der Waals surface area contributed by atoms with Crippen molar-refractivity contribution in [1.82, 2.24) is 20.5 Å². The smallest absolute Gasteiger partial charge is 0.138 e. The summed E-state index contributed by atoms with van der Waals surface area (Å²) in [5.74, 6) is 0.871. The molecule has 0 amide bonds. The number of H-pyrrole nitrogens is 1. The normalized spacial score (nSPS) is 26.9. The largest absolute Gasteiger partial charge is 0.374 e. The van der Waals surface area contributed by atoms with Crippen LogP contribution in [0.1, 0.15) is 25.6 Å². The molecular formula is C9H16N4O. The zero-order chi connectivity index (χ0) is 9.80. The zero-order valence-corrected chi connectivity index (χ0v) is 8.36. The van der Waals surface area contributed by atoms with Gasteiger partial charge in [0.2, 0.25) is 0 Å². The average Bonchev–Trinajstić information content (AvgIpc) is 2.77. The molecule has 1 saturated heterocycles. The van der Waals surface area contributed by atoms with E-state index >= 15 is 0 Å². The van der Waals surface area contributed by atoms with Crippen LogP contribution < -0.4 is 5.32 Å². The van der Waals surface area contributed by atoms with Gasteiger partial charge in [0.1, 0.15) is 12.2 Å². The van der Waals surface area contributed by atoms with Crippen LogP contribution in [-0.4, -0.2) is 33.9 Å². The zero-order valence-electron chi connectivity index (χ0n) is 8.36. The Kier molecular flexibility index (Phi) is 3.10. The van der Waals surface area contributed by atoms with Gasteiger partial charge in [0, 0.05) is 6.54 Å². The van der Waals surface area contributed by atoms with Gasteiger partial charge in [0.05, 0.1) is 18.8 Å². The highest BCUT2D eigenvalue weighted by molar-refractivity contribution is 4.80. The topological polar surface area (TPSA) is 62.8 Å². The van der Waals surface area contributed by atoms with Gasteiger partial charge in [-0.1, -0.05) is 0 Å². The molecule has 0 aromatic carbocycles. The lowest BCUT2D eigenvalue weighted by Crippen LogP contribution is -2.26. The van der Waals surface area contributed by atoms with Crippen molar-refractivity contribution in [3.63, 3.8) is 0 Å². The molecule has 1 fully saturated rings. The maximum absolute atomic E-state index is 5.67. The second kappa shape index (κ2) is 4.52. The molecule has 0 saturated carbocycles. The van der Waals surface area contributed by atoms with Crippen molar-refractivity contribution in [3.05, 3.63) is 12.2 Å². The maximum Gasteiger partial charge on any atom is 0.138 e. The van der Waals surface area contributed by atoms with E-state index in [1.165, 1.54) is 12.7 Å². The number of nitrogens with zero attached hydrogens (tertiary/aromatic N) is 2. The Morgan fingerprint density at radius 3 is 3.21 bits per heavy atom. The molecule has 2 heterocycles. The molecule has 2 unspecified atom stereocenters. The van der Waals surface area contributed by atoms with Crippen molar-refractivity contribution >= 4 is 0 Å². The van der Waals surface area contributed by atoms with Crippen LogP contribution in [0.25, 0.3) is 0 Å². The fourth-order valence-corrected chi connectivity index (χ4v) is 1.70. The van der Waals surface area contributed by atoms with Crippen molar-refractivity contribution in [1.29, 1.82) is 0 Å². The van der Waals surface area contributed by atoms with Crippen LogP contribution in [0.4, 0.5) is 0 Å². The molecule has 0 bridgehead atoms. The molecule has 2 atom stereocenters. The molecule has 0 radical (unpaired) electrons. The molecule has 0 spiro atoms. The minimum Gasteiger partial charge on any atom is -0.374 e. The Balaban J connectivity index is 1.64. The van der Waals surface area contributed by atoms with E-state index in [0.29, 0.717) is 12.2 Å². The van der Waals surface area contributed by atoms with E-state index in [1.807, 2.05) is 0 Å². The minimum absolute atomic E-state index is 0.368. The van der Waals surface area contributed by atoms with Gasteiger partial charge in [-0.3, -0.25) is 5.10 Å². The standard InChI is InChI=1S/C9H16N4O/c1-7-2-3-8(14-7)4-10-5-9-11-6-12-13-9/h6-8,10H,2-5H2,1H3,(H,11,12,13). The molecular weight excluding hydrogens is 180 g/mol. The van der Waals surface area contributed by atoms with Crippen molar-refractivity contribution in [3.8, 4) is 0 Å². The van der Waals surface area contributed by atoms with E-state index in [-0.39, 0.29) is 0 Å². The molecule has 2 N–H and O–H groups in total. The number of aromatic nitrogens is 3. The van der Waals surface area contributed by atoms with E-state index in [9.17, 15) is 0 Å². The number of hydrogen-bond donors (Lipinski definition) is 2. The molecule has 1 aromatic heterocycles. The maximum atomic E-state index is 5.67. The molecule has 1 aliphatic rings. The molecule has 1 aromatic rings. The van der Waals surface area contributed by atoms with Crippen LogP contribution >= 0.6 is 0 Å². The number of nitrogens with one attached hydrogen (secondary N) is 2. The molecule has 5 heteroatoms. The second-order valence-corrected chi connectivity index (χ2v) is 3.71. The molecule has 78 valence electrons. The molecule has 2 rings (SSSR count). The first-order valence-corrected chi connectivity index (χ1v) is 5.05.